The molecule has 1 amide bonds. The first kappa shape index (κ1) is 14.0. The number of piperazine rings is 1. The van der Waals surface area contributed by atoms with Crippen molar-refractivity contribution in [3.05, 3.63) is 0 Å². The molecule has 1 aliphatic rings. The summed E-state index contributed by atoms with van der Waals surface area (Å²) in [5, 5.41) is 0. The lowest BCUT2D eigenvalue weighted by Crippen LogP contribution is -2.50. The topological polar surface area (TPSA) is 23.6 Å². The third-order valence-electron chi connectivity index (χ3n) is 2.52. The molecule has 0 aromatic carbocycles. The number of nitrogens with zero attached hydrogens (tertiary/aromatic N) is 2. The number of carbonyl (C=O) groups excluding carboxylic acids is 1. The molecule has 0 bridgehead atoms. The highest BCUT2D eigenvalue weighted by Gasteiger charge is 2.34. The van der Waals surface area contributed by atoms with Crippen molar-refractivity contribution in [1.82, 2.24) is 9.80 Å². The van der Waals surface area contributed by atoms with E-state index in [0.717, 1.165) is 0 Å². The zero-order valence-electron chi connectivity index (χ0n) is 8.93. The molecule has 0 aromatic rings. The van der Waals surface area contributed by atoms with Crippen LogP contribution in [0.2, 0.25) is 0 Å². The third-order valence-corrected chi connectivity index (χ3v) is 3.31. The fraction of sp³-hybridized carbons (Fsp3) is 0.889. The summed E-state index contributed by atoms with van der Waals surface area (Å²) in [6.45, 7) is 4.10. The number of carbonyl (C=O) groups is 1. The predicted octanol–water partition coefficient (Wildman–Crippen LogP) is 1.86. The zero-order valence-corrected chi connectivity index (χ0v) is 11.1. The molecule has 0 aliphatic carbocycles. The summed E-state index contributed by atoms with van der Waals surface area (Å²) in [7, 11) is 0. The van der Waals surface area contributed by atoms with Crippen LogP contribution in [0.5, 0.6) is 0 Å². The van der Waals surface area contributed by atoms with Gasteiger partial charge in [0.2, 0.25) is 5.91 Å². The summed E-state index contributed by atoms with van der Waals surface area (Å²) in [5.74, 6) is -0.812. The number of rotatable bonds is 2. The van der Waals surface area contributed by atoms with Crippen LogP contribution >= 0.6 is 22.6 Å². The van der Waals surface area contributed by atoms with Crippen LogP contribution in [0.1, 0.15) is 13.3 Å². The van der Waals surface area contributed by atoms with E-state index in [9.17, 15) is 18.0 Å². The Balaban J connectivity index is 2.39. The maximum atomic E-state index is 12.0. The molecule has 1 atom stereocenters. The summed E-state index contributed by atoms with van der Waals surface area (Å²) in [6, 6.07) is 0. The van der Waals surface area contributed by atoms with Crippen molar-refractivity contribution in [2.75, 3.05) is 26.2 Å². The Morgan fingerprint density at radius 1 is 1.31 bits per heavy atom. The summed E-state index contributed by atoms with van der Waals surface area (Å²) in [4.78, 5) is 14.7. The maximum absolute atomic E-state index is 12.0. The van der Waals surface area contributed by atoms with Gasteiger partial charge in [0.1, 0.15) is 6.42 Å². The first-order valence-electron chi connectivity index (χ1n) is 5.02. The van der Waals surface area contributed by atoms with Gasteiger partial charge in [-0.1, -0.05) is 22.6 Å². The lowest BCUT2D eigenvalue weighted by atomic mass is 10.2. The van der Waals surface area contributed by atoms with Gasteiger partial charge in [0.05, 0.1) is 4.05 Å². The molecule has 1 rings (SSSR count). The van der Waals surface area contributed by atoms with Gasteiger partial charge in [0.15, 0.2) is 0 Å². The smallest absolute Gasteiger partial charge is 0.340 e. The molecule has 0 N–H and O–H groups in total. The minimum atomic E-state index is -4.40. The lowest BCUT2D eigenvalue weighted by Gasteiger charge is -2.36. The van der Waals surface area contributed by atoms with Crippen molar-refractivity contribution in [1.29, 1.82) is 0 Å². The van der Waals surface area contributed by atoms with Crippen LogP contribution in [0.4, 0.5) is 13.2 Å². The van der Waals surface area contributed by atoms with Crippen molar-refractivity contribution in [2.24, 2.45) is 0 Å². The maximum Gasteiger partial charge on any atom is 0.397 e. The summed E-state index contributed by atoms with van der Waals surface area (Å²) in [5.41, 5.74) is 0. The summed E-state index contributed by atoms with van der Waals surface area (Å²) in [6.07, 6.45) is -5.74. The zero-order chi connectivity index (χ0) is 12.3. The molecule has 0 saturated carbocycles. The van der Waals surface area contributed by atoms with Crippen LogP contribution in [0, 0.1) is 0 Å². The summed E-state index contributed by atoms with van der Waals surface area (Å²) >= 11 is 2.25. The van der Waals surface area contributed by atoms with Crippen molar-refractivity contribution in [3.63, 3.8) is 0 Å². The van der Waals surface area contributed by atoms with Crippen molar-refractivity contribution in [3.8, 4) is 0 Å². The molecule has 0 spiro atoms. The SMILES string of the molecule is CC(I)N1CCN(C(=O)CC(F)(F)F)CC1. The highest BCUT2D eigenvalue weighted by molar-refractivity contribution is 14.1. The molecule has 1 heterocycles. The van der Waals surface area contributed by atoms with E-state index in [2.05, 4.69) is 27.5 Å². The molecule has 94 valence electrons. The van der Waals surface area contributed by atoms with Crippen LogP contribution in [0.25, 0.3) is 0 Å². The first-order chi connectivity index (χ1) is 7.29. The van der Waals surface area contributed by atoms with Crippen LogP contribution in [0.15, 0.2) is 0 Å². The first-order valence-corrected chi connectivity index (χ1v) is 6.27. The Labute approximate surface area is 106 Å². The van der Waals surface area contributed by atoms with Gasteiger partial charge in [-0.25, -0.2) is 0 Å². The van der Waals surface area contributed by atoms with Crippen LogP contribution < -0.4 is 0 Å². The standard InChI is InChI=1S/C9H14F3IN2O/c1-7(13)14-2-4-15(5-3-14)8(16)6-9(10,11)12/h7H,2-6H2,1H3. The molecule has 7 heteroatoms. The van der Waals surface area contributed by atoms with Crippen molar-refractivity contribution >= 4 is 28.5 Å². The van der Waals surface area contributed by atoms with Gasteiger partial charge in [0.25, 0.3) is 0 Å². The number of hydrogen-bond acceptors (Lipinski definition) is 2. The van der Waals surface area contributed by atoms with Gasteiger partial charge in [-0.05, 0) is 6.92 Å². The number of alkyl halides is 4. The fourth-order valence-corrected chi connectivity index (χ4v) is 2.17. The Bertz CT molecular complexity index is 250. The molecule has 0 radical (unpaired) electrons. The second-order valence-corrected chi connectivity index (χ2v) is 5.59. The molecule has 1 aliphatic heterocycles. The van der Waals surface area contributed by atoms with Gasteiger partial charge in [0, 0.05) is 26.2 Å². The monoisotopic (exact) mass is 350 g/mol. The Hall–Kier alpha value is -0.0500. The minimum Gasteiger partial charge on any atom is -0.340 e. The van der Waals surface area contributed by atoms with E-state index in [4.69, 9.17) is 0 Å². The average Bonchev–Trinajstić information content (AvgIpc) is 2.15. The fourth-order valence-electron chi connectivity index (χ4n) is 1.61. The van der Waals surface area contributed by atoms with E-state index in [1.54, 1.807) is 0 Å². The molecule has 1 unspecified atom stereocenters. The molecular formula is C9H14F3IN2O. The average molecular weight is 350 g/mol. The van der Waals surface area contributed by atoms with Crippen molar-refractivity contribution in [2.45, 2.75) is 23.6 Å². The molecule has 0 aromatic heterocycles. The highest BCUT2D eigenvalue weighted by atomic mass is 127. The molecular weight excluding hydrogens is 336 g/mol. The van der Waals surface area contributed by atoms with E-state index < -0.39 is 18.5 Å². The Kier molecular flexibility index (Phi) is 4.84. The van der Waals surface area contributed by atoms with Gasteiger partial charge in [-0.2, -0.15) is 13.2 Å². The summed E-state index contributed by atoms with van der Waals surface area (Å²) < 4.78 is 36.4. The van der Waals surface area contributed by atoms with Gasteiger partial charge >= 0.3 is 6.18 Å². The van der Waals surface area contributed by atoms with Crippen LogP contribution in [-0.4, -0.2) is 52.1 Å². The van der Waals surface area contributed by atoms with Crippen molar-refractivity contribution < 1.29 is 18.0 Å². The normalized spacial score (nSPS) is 20.9. The second-order valence-electron chi connectivity index (χ2n) is 3.78. The Morgan fingerprint density at radius 2 is 1.81 bits per heavy atom. The predicted molar refractivity (Wildman–Crippen MR) is 62.3 cm³/mol. The molecule has 1 fully saturated rings. The van der Waals surface area contributed by atoms with E-state index in [1.165, 1.54) is 4.90 Å². The molecule has 1 saturated heterocycles. The Morgan fingerprint density at radius 3 is 2.19 bits per heavy atom. The van der Waals surface area contributed by atoms with E-state index in [1.807, 2.05) is 6.92 Å². The largest absolute Gasteiger partial charge is 0.397 e. The molecule has 3 nitrogen and oxygen atoms in total. The van der Waals surface area contributed by atoms with E-state index >= 15 is 0 Å². The van der Waals surface area contributed by atoms with Gasteiger partial charge in [-0.15, -0.1) is 0 Å². The second kappa shape index (κ2) is 5.52. The molecule has 16 heavy (non-hydrogen) atoms. The van der Waals surface area contributed by atoms with E-state index in [-0.39, 0.29) is 0 Å². The lowest BCUT2D eigenvalue weighted by molar-refractivity contribution is -0.162. The highest BCUT2D eigenvalue weighted by Crippen LogP contribution is 2.21. The quantitative estimate of drug-likeness (QED) is 0.431. The van der Waals surface area contributed by atoms with Gasteiger partial charge < -0.3 is 4.90 Å². The van der Waals surface area contributed by atoms with Crippen LogP contribution in [-0.2, 0) is 4.79 Å². The number of amides is 1. The van der Waals surface area contributed by atoms with E-state index in [0.29, 0.717) is 30.2 Å². The third kappa shape index (κ3) is 4.44. The number of hydrogen-bond donors (Lipinski definition) is 0. The number of halogens is 4. The minimum absolute atomic E-state index is 0.345. The van der Waals surface area contributed by atoms with Crippen LogP contribution in [0.3, 0.4) is 0 Å². The van der Waals surface area contributed by atoms with Gasteiger partial charge in [-0.3, -0.25) is 9.69 Å².